The van der Waals surface area contributed by atoms with Gasteiger partial charge in [0, 0.05) is 12.4 Å². The standard InChI is InChI=1S/C12H8ClN5OS/c13-10-2-1-9(20-10)11(19)17-8-5-15-12(16-6-8)18-4-3-14-7-18/h1-7H,(H,17,19). The second-order valence-corrected chi connectivity index (χ2v) is 5.51. The molecule has 0 unspecified atom stereocenters. The predicted octanol–water partition coefficient (Wildman–Crippen LogP) is 2.63. The quantitative estimate of drug-likeness (QED) is 0.807. The van der Waals surface area contributed by atoms with Crippen LogP contribution in [0.2, 0.25) is 4.34 Å². The van der Waals surface area contributed by atoms with E-state index < -0.39 is 0 Å². The van der Waals surface area contributed by atoms with E-state index in [-0.39, 0.29) is 5.91 Å². The van der Waals surface area contributed by atoms with Crippen LogP contribution in [0.25, 0.3) is 5.95 Å². The Morgan fingerprint density at radius 1 is 1.30 bits per heavy atom. The SMILES string of the molecule is O=C(Nc1cnc(-n2ccnc2)nc1)c1ccc(Cl)s1. The zero-order chi connectivity index (χ0) is 13.9. The molecule has 0 radical (unpaired) electrons. The number of hydrogen-bond donors (Lipinski definition) is 1. The summed E-state index contributed by atoms with van der Waals surface area (Å²) in [5.41, 5.74) is 0.517. The molecule has 0 aliphatic carbocycles. The maximum atomic E-state index is 11.9. The molecule has 6 nitrogen and oxygen atoms in total. The van der Waals surface area contributed by atoms with Gasteiger partial charge in [0.05, 0.1) is 27.3 Å². The Bertz CT molecular complexity index is 723. The molecule has 3 rings (SSSR count). The van der Waals surface area contributed by atoms with Crippen molar-refractivity contribution in [3.05, 3.63) is 52.5 Å². The highest BCUT2D eigenvalue weighted by Crippen LogP contribution is 2.22. The van der Waals surface area contributed by atoms with Crippen molar-refractivity contribution in [3.8, 4) is 5.95 Å². The van der Waals surface area contributed by atoms with Crippen molar-refractivity contribution < 1.29 is 4.79 Å². The Labute approximate surface area is 123 Å². The maximum absolute atomic E-state index is 11.9. The van der Waals surface area contributed by atoms with Crippen LogP contribution in [-0.2, 0) is 0 Å². The van der Waals surface area contributed by atoms with Gasteiger partial charge in [-0.25, -0.2) is 15.0 Å². The van der Waals surface area contributed by atoms with Crippen molar-refractivity contribution in [2.24, 2.45) is 0 Å². The zero-order valence-corrected chi connectivity index (χ0v) is 11.6. The van der Waals surface area contributed by atoms with E-state index in [4.69, 9.17) is 11.6 Å². The van der Waals surface area contributed by atoms with Gasteiger partial charge in [0.2, 0.25) is 5.95 Å². The van der Waals surface area contributed by atoms with Crippen molar-refractivity contribution in [1.82, 2.24) is 19.5 Å². The molecule has 0 bridgehead atoms. The van der Waals surface area contributed by atoms with Gasteiger partial charge in [0.1, 0.15) is 6.33 Å². The largest absolute Gasteiger partial charge is 0.319 e. The minimum Gasteiger partial charge on any atom is -0.319 e. The molecule has 1 amide bonds. The van der Waals surface area contributed by atoms with Crippen LogP contribution in [0.3, 0.4) is 0 Å². The molecule has 0 aromatic carbocycles. The Morgan fingerprint density at radius 2 is 2.10 bits per heavy atom. The van der Waals surface area contributed by atoms with Gasteiger partial charge in [-0.05, 0) is 12.1 Å². The van der Waals surface area contributed by atoms with Crippen molar-refractivity contribution in [2.75, 3.05) is 5.32 Å². The zero-order valence-electron chi connectivity index (χ0n) is 10.0. The topological polar surface area (TPSA) is 72.7 Å². The fourth-order valence-electron chi connectivity index (χ4n) is 1.53. The first kappa shape index (κ1) is 12.8. The fourth-order valence-corrected chi connectivity index (χ4v) is 2.46. The number of amides is 1. The molecule has 0 saturated carbocycles. The molecule has 0 aliphatic heterocycles. The molecule has 3 heterocycles. The number of imidazole rings is 1. The summed E-state index contributed by atoms with van der Waals surface area (Å²) in [6.07, 6.45) is 8.05. The van der Waals surface area contributed by atoms with Crippen molar-refractivity contribution >= 4 is 34.5 Å². The molecule has 3 aromatic heterocycles. The third kappa shape index (κ3) is 2.68. The minimum absolute atomic E-state index is 0.235. The summed E-state index contributed by atoms with van der Waals surface area (Å²) in [6, 6.07) is 3.35. The van der Waals surface area contributed by atoms with Gasteiger partial charge < -0.3 is 5.32 Å². The molecule has 0 spiro atoms. The lowest BCUT2D eigenvalue weighted by Gasteiger charge is -2.04. The third-order valence-electron chi connectivity index (χ3n) is 2.43. The molecule has 1 N–H and O–H groups in total. The lowest BCUT2D eigenvalue weighted by Crippen LogP contribution is -2.11. The average Bonchev–Trinajstić information content (AvgIpc) is 3.10. The van der Waals surface area contributed by atoms with Crippen LogP contribution in [0.1, 0.15) is 9.67 Å². The third-order valence-corrected chi connectivity index (χ3v) is 3.66. The number of nitrogens with one attached hydrogen (secondary N) is 1. The van der Waals surface area contributed by atoms with Gasteiger partial charge in [-0.3, -0.25) is 9.36 Å². The first-order valence-corrected chi connectivity index (χ1v) is 6.79. The number of anilines is 1. The number of nitrogens with zero attached hydrogens (tertiary/aromatic N) is 4. The summed E-state index contributed by atoms with van der Waals surface area (Å²) in [6.45, 7) is 0. The van der Waals surface area contributed by atoms with E-state index in [0.717, 1.165) is 0 Å². The normalized spacial score (nSPS) is 10.4. The number of aromatic nitrogens is 4. The van der Waals surface area contributed by atoms with Crippen LogP contribution in [0, 0.1) is 0 Å². The highest BCUT2D eigenvalue weighted by molar-refractivity contribution is 7.18. The summed E-state index contributed by atoms with van der Waals surface area (Å²) in [5.74, 6) is 0.251. The summed E-state index contributed by atoms with van der Waals surface area (Å²) in [4.78, 5) is 24.7. The number of carbonyl (C=O) groups is 1. The summed E-state index contributed by atoms with van der Waals surface area (Å²) >= 11 is 7.01. The van der Waals surface area contributed by atoms with E-state index in [0.29, 0.717) is 20.8 Å². The minimum atomic E-state index is -0.235. The van der Waals surface area contributed by atoms with Gasteiger partial charge in [0.15, 0.2) is 0 Å². The molecular weight excluding hydrogens is 298 g/mol. The maximum Gasteiger partial charge on any atom is 0.265 e. The summed E-state index contributed by atoms with van der Waals surface area (Å²) < 4.78 is 2.24. The van der Waals surface area contributed by atoms with Crippen LogP contribution in [0.5, 0.6) is 0 Å². The van der Waals surface area contributed by atoms with E-state index in [9.17, 15) is 4.79 Å². The first-order valence-electron chi connectivity index (χ1n) is 5.59. The Hall–Kier alpha value is -2.25. The van der Waals surface area contributed by atoms with Gasteiger partial charge in [-0.1, -0.05) is 11.6 Å². The smallest absolute Gasteiger partial charge is 0.265 e. The lowest BCUT2D eigenvalue weighted by atomic mass is 10.4. The van der Waals surface area contributed by atoms with Gasteiger partial charge in [0.25, 0.3) is 5.91 Å². The van der Waals surface area contributed by atoms with Gasteiger partial charge in [-0.2, -0.15) is 0 Å². The van der Waals surface area contributed by atoms with E-state index >= 15 is 0 Å². The molecule has 8 heteroatoms. The van der Waals surface area contributed by atoms with Crippen LogP contribution in [0.15, 0.2) is 43.2 Å². The molecule has 0 saturated heterocycles. The number of rotatable bonds is 3. The molecule has 0 fully saturated rings. The number of thiophene rings is 1. The van der Waals surface area contributed by atoms with E-state index in [2.05, 4.69) is 20.3 Å². The molecule has 0 atom stereocenters. The molecule has 3 aromatic rings. The molecule has 20 heavy (non-hydrogen) atoms. The average molecular weight is 306 g/mol. The Balaban J connectivity index is 1.74. The van der Waals surface area contributed by atoms with Crippen molar-refractivity contribution in [1.29, 1.82) is 0 Å². The number of carbonyl (C=O) groups excluding carboxylic acids is 1. The fraction of sp³-hybridized carbons (Fsp3) is 0. The second kappa shape index (κ2) is 5.40. The molecule has 0 aliphatic rings. The van der Waals surface area contributed by atoms with E-state index in [1.54, 1.807) is 35.4 Å². The van der Waals surface area contributed by atoms with Crippen LogP contribution < -0.4 is 5.32 Å². The van der Waals surface area contributed by atoms with Crippen LogP contribution >= 0.6 is 22.9 Å². The molecule has 100 valence electrons. The second-order valence-electron chi connectivity index (χ2n) is 3.80. The van der Waals surface area contributed by atoms with Gasteiger partial charge >= 0.3 is 0 Å². The Kier molecular flexibility index (Phi) is 3.44. The monoisotopic (exact) mass is 305 g/mol. The summed E-state index contributed by atoms with van der Waals surface area (Å²) in [7, 11) is 0. The van der Waals surface area contributed by atoms with Crippen molar-refractivity contribution in [3.63, 3.8) is 0 Å². The highest BCUT2D eigenvalue weighted by atomic mass is 35.5. The summed E-state index contributed by atoms with van der Waals surface area (Å²) in [5, 5.41) is 2.71. The van der Waals surface area contributed by atoms with Crippen LogP contribution in [0.4, 0.5) is 5.69 Å². The van der Waals surface area contributed by atoms with Gasteiger partial charge in [-0.15, -0.1) is 11.3 Å². The number of hydrogen-bond acceptors (Lipinski definition) is 5. The number of halogens is 1. The Morgan fingerprint density at radius 3 is 2.70 bits per heavy atom. The van der Waals surface area contributed by atoms with E-state index in [1.165, 1.54) is 23.7 Å². The highest BCUT2D eigenvalue weighted by Gasteiger charge is 2.09. The predicted molar refractivity (Wildman–Crippen MR) is 76.4 cm³/mol. The van der Waals surface area contributed by atoms with Crippen LogP contribution in [-0.4, -0.2) is 25.4 Å². The lowest BCUT2D eigenvalue weighted by molar-refractivity contribution is 0.103. The van der Waals surface area contributed by atoms with E-state index in [1.807, 2.05) is 0 Å². The first-order chi connectivity index (χ1) is 9.72. The van der Waals surface area contributed by atoms with Crippen molar-refractivity contribution in [2.45, 2.75) is 0 Å². The molecular formula is C12H8ClN5OS.